The number of anilines is 1. The van der Waals surface area contributed by atoms with Gasteiger partial charge in [0.1, 0.15) is 23.0 Å². The Morgan fingerprint density at radius 2 is 1.89 bits per heavy atom. The third-order valence-corrected chi connectivity index (χ3v) is 6.46. The summed E-state index contributed by atoms with van der Waals surface area (Å²) in [6.07, 6.45) is 4.65. The average molecular weight is 492 g/mol. The Bertz CT molecular complexity index is 1330. The molecule has 1 aliphatic heterocycles. The number of ether oxygens (including phenoxy) is 2. The van der Waals surface area contributed by atoms with Crippen molar-refractivity contribution < 1.29 is 29.0 Å². The maximum Gasteiger partial charge on any atom is 0.350 e. The summed E-state index contributed by atoms with van der Waals surface area (Å²) in [6, 6.07) is 8.77. The summed E-state index contributed by atoms with van der Waals surface area (Å²) in [5.74, 6) is -2.12. The molecule has 1 saturated heterocycles. The Morgan fingerprint density at radius 1 is 1.20 bits per heavy atom. The Balaban J connectivity index is 1.84. The summed E-state index contributed by atoms with van der Waals surface area (Å²) in [5, 5.41) is 11.3. The average Bonchev–Trinajstić information content (AvgIpc) is 3.39. The molecule has 0 saturated carbocycles. The zero-order valence-corrected chi connectivity index (χ0v) is 19.7. The number of esters is 1. The molecule has 1 amide bonds. The van der Waals surface area contributed by atoms with Gasteiger partial charge in [-0.1, -0.05) is 24.0 Å². The first-order valence-corrected chi connectivity index (χ1v) is 11.3. The summed E-state index contributed by atoms with van der Waals surface area (Å²) in [5.41, 5.74) is 1.13. The third kappa shape index (κ3) is 4.43. The van der Waals surface area contributed by atoms with Gasteiger partial charge in [-0.2, -0.15) is 0 Å². The smallest absolute Gasteiger partial charge is 0.350 e. The van der Waals surface area contributed by atoms with Gasteiger partial charge in [0.2, 0.25) is 0 Å². The van der Waals surface area contributed by atoms with Crippen LogP contribution in [0.15, 0.2) is 67.0 Å². The minimum Gasteiger partial charge on any atom is -0.507 e. The summed E-state index contributed by atoms with van der Waals surface area (Å²) in [4.78, 5) is 48.3. The van der Waals surface area contributed by atoms with Crippen LogP contribution in [0.3, 0.4) is 0 Å². The lowest BCUT2D eigenvalue weighted by molar-refractivity contribution is -0.132. The van der Waals surface area contributed by atoms with Crippen LogP contribution in [0.5, 0.6) is 5.75 Å². The van der Waals surface area contributed by atoms with Gasteiger partial charge < -0.3 is 14.6 Å². The quantitative estimate of drug-likeness (QED) is 0.174. The SMILES string of the molecule is C=CCOc1ccc(C(O)=C2C(=O)C(=O)N(c3nc(C)c(C(=O)OC)s3)C2c2ccncc2)cc1. The number of pyridine rings is 1. The Labute approximate surface area is 205 Å². The number of Topliss-reactive ketones (excluding diaryl/α,β-unsaturated/α-hetero) is 1. The van der Waals surface area contributed by atoms with E-state index >= 15 is 0 Å². The molecule has 1 aliphatic rings. The molecule has 178 valence electrons. The lowest BCUT2D eigenvalue weighted by Crippen LogP contribution is -2.29. The van der Waals surface area contributed by atoms with Crippen LogP contribution in [-0.2, 0) is 14.3 Å². The first-order valence-electron chi connectivity index (χ1n) is 10.5. The summed E-state index contributed by atoms with van der Waals surface area (Å²) < 4.78 is 10.3. The van der Waals surface area contributed by atoms with Crippen molar-refractivity contribution in [1.29, 1.82) is 0 Å². The van der Waals surface area contributed by atoms with Gasteiger partial charge in [-0.05, 0) is 48.9 Å². The second kappa shape index (κ2) is 9.90. The van der Waals surface area contributed by atoms with E-state index in [1.807, 2.05) is 0 Å². The topological polar surface area (TPSA) is 119 Å². The summed E-state index contributed by atoms with van der Waals surface area (Å²) >= 11 is 0.936. The molecule has 0 aliphatic carbocycles. The minimum atomic E-state index is -0.981. The number of rotatable bonds is 7. The van der Waals surface area contributed by atoms with Crippen molar-refractivity contribution in [1.82, 2.24) is 9.97 Å². The second-order valence-corrected chi connectivity index (χ2v) is 8.45. The van der Waals surface area contributed by atoms with Crippen LogP contribution in [0.4, 0.5) is 5.13 Å². The fourth-order valence-corrected chi connectivity index (χ4v) is 4.69. The van der Waals surface area contributed by atoms with Crippen LogP contribution in [0.2, 0.25) is 0 Å². The third-order valence-electron chi connectivity index (χ3n) is 5.32. The van der Waals surface area contributed by atoms with Crippen molar-refractivity contribution in [2.75, 3.05) is 18.6 Å². The zero-order chi connectivity index (χ0) is 25.1. The number of benzene rings is 1. The van der Waals surface area contributed by atoms with Gasteiger partial charge in [-0.25, -0.2) is 9.78 Å². The molecular weight excluding hydrogens is 470 g/mol. The fourth-order valence-electron chi connectivity index (χ4n) is 3.68. The zero-order valence-electron chi connectivity index (χ0n) is 18.9. The van der Waals surface area contributed by atoms with Crippen molar-refractivity contribution in [2.24, 2.45) is 0 Å². The van der Waals surface area contributed by atoms with E-state index in [1.165, 1.54) is 24.4 Å². The van der Waals surface area contributed by atoms with Crippen LogP contribution >= 0.6 is 11.3 Å². The number of aliphatic hydroxyl groups excluding tert-OH is 1. The van der Waals surface area contributed by atoms with Gasteiger partial charge >= 0.3 is 11.9 Å². The van der Waals surface area contributed by atoms with Crippen molar-refractivity contribution >= 4 is 39.9 Å². The van der Waals surface area contributed by atoms with Gasteiger partial charge in [-0.15, -0.1) is 0 Å². The fraction of sp³-hybridized carbons (Fsp3) is 0.160. The number of carbonyl (C=O) groups is 3. The van der Waals surface area contributed by atoms with Crippen molar-refractivity contribution in [3.63, 3.8) is 0 Å². The molecule has 1 aromatic carbocycles. The van der Waals surface area contributed by atoms with Crippen LogP contribution < -0.4 is 9.64 Å². The minimum absolute atomic E-state index is 0.103. The number of methoxy groups -OCH3 is 1. The lowest BCUT2D eigenvalue weighted by atomic mass is 9.96. The van der Waals surface area contributed by atoms with E-state index in [9.17, 15) is 19.5 Å². The number of nitrogens with zero attached hydrogens (tertiary/aromatic N) is 3. The van der Waals surface area contributed by atoms with Crippen LogP contribution in [0, 0.1) is 6.92 Å². The highest BCUT2D eigenvalue weighted by molar-refractivity contribution is 7.17. The number of carbonyl (C=O) groups excluding carboxylic acids is 3. The molecule has 0 radical (unpaired) electrons. The molecule has 9 nitrogen and oxygen atoms in total. The van der Waals surface area contributed by atoms with Crippen molar-refractivity contribution in [2.45, 2.75) is 13.0 Å². The van der Waals surface area contributed by atoms with Gasteiger partial charge in [0.05, 0.1) is 24.4 Å². The van der Waals surface area contributed by atoms with E-state index < -0.39 is 23.7 Å². The first-order chi connectivity index (χ1) is 16.9. The number of hydrogen-bond acceptors (Lipinski definition) is 9. The molecular formula is C25H21N3O6S. The second-order valence-electron chi connectivity index (χ2n) is 7.48. The number of thiazole rings is 1. The van der Waals surface area contributed by atoms with Crippen LogP contribution in [-0.4, -0.2) is 46.5 Å². The molecule has 0 spiro atoms. The molecule has 1 unspecified atom stereocenters. The first kappa shape index (κ1) is 23.8. The molecule has 2 aromatic heterocycles. The Hall–Kier alpha value is -4.31. The lowest BCUT2D eigenvalue weighted by Gasteiger charge is -2.22. The number of aryl methyl sites for hydroxylation is 1. The summed E-state index contributed by atoms with van der Waals surface area (Å²) in [6.45, 7) is 5.53. The number of hydrogen-bond donors (Lipinski definition) is 1. The molecule has 3 heterocycles. The van der Waals surface area contributed by atoms with Crippen molar-refractivity contribution in [3.8, 4) is 5.75 Å². The van der Waals surface area contributed by atoms with E-state index in [4.69, 9.17) is 9.47 Å². The predicted molar refractivity (Wildman–Crippen MR) is 129 cm³/mol. The highest BCUT2D eigenvalue weighted by Gasteiger charge is 2.48. The highest BCUT2D eigenvalue weighted by Crippen LogP contribution is 2.43. The van der Waals surface area contributed by atoms with Crippen LogP contribution in [0.1, 0.15) is 32.5 Å². The van der Waals surface area contributed by atoms with Crippen LogP contribution in [0.25, 0.3) is 5.76 Å². The van der Waals surface area contributed by atoms with E-state index in [0.717, 1.165) is 11.3 Å². The Morgan fingerprint density at radius 3 is 2.51 bits per heavy atom. The molecule has 1 fully saturated rings. The monoisotopic (exact) mass is 491 g/mol. The Kier molecular flexibility index (Phi) is 6.74. The van der Waals surface area contributed by atoms with E-state index in [0.29, 0.717) is 29.2 Å². The molecule has 1 N–H and O–H groups in total. The molecule has 0 bridgehead atoms. The maximum absolute atomic E-state index is 13.2. The molecule has 1 atom stereocenters. The highest BCUT2D eigenvalue weighted by atomic mass is 32.1. The maximum atomic E-state index is 13.2. The summed E-state index contributed by atoms with van der Waals surface area (Å²) in [7, 11) is 1.25. The standard InChI is InChI=1S/C25H21N3O6S/c1-4-13-34-17-7-5-16(6-8-17)20(29)18-19(15-9-11-26-12-10-15)28(23(31)21(18)30)25-27-14(2)22(35-25)24(32)33-3/h4-12,19,29H,1,13H2,2-3H3. The van der Waals surface area contributed by atoms with E-state index in [1.54, 1.807) is 49.4 Å². The van der Waals surface area contributed by atoms with Gasteiger partial charge in [0.15, 0.2) is 5.13 Å². The van der Waals surface area contributed by atoms with Gasteiger partial charge in [-0.3, -0.25) is 19.5 Å². The van der Waals surface area contributed by atoms with Crippen molar-refractivity contribution in [3.05, 3.63) is 88.7 Å². The molecule has 10 heteroatoms. The predicted octanol–water partition coefficient (Wildman–Crippen LogP) is 3.82. The van der Waals surface area contributed by atoms with Gasteiger partial charge in [0, 0.05) is 18.0 Å². The number of ketones is 1. The molecule has 4 rings (SSSR count). The number of aromatic nitrogens is 2. The van der Waals surface area contributed by atoms with E-state index in [2.05, 4.69) is 16.5 Å². The number of aliphatic hydroxyl groups is 1. The van der Waals surface area contributed by atoms with E-state index in [-0.39, 0.29) is 21.3 Å². The largest absolute Gasteiger partial charge is 0.507 e. The molecule has 3 aromatic rings. The van der Waals surface area contributed by atoms with Gasteiger partial charge in [0.25, 0.3) is 5.78 Å². The molecule has 35 heavy (non-hydrogen) atoms. The normalized spacial score (nSPS) is 16.9. The number of amides is 1.